The molecule has 4 nitrogen and oxygen atoms in total. The van der Waals surface area contributed by atoms with E-state index < -0.39 is 0 Å². The van der Waals surface area contributed by atoms with E-state index in [1.807, 2.05) is 33.1 Å². The van der Waals surface area contributed by atoms with E-state index in [9.17, 15) is 4.79 Å². The van der Waals surface area contributed by atoms with Crippen molar-refractivity contribution in [2.24, 2.45) is 0 Å². The number of hydrogen-bond acceptors (Lipinski definition) is 5. The molecule has 0 saturated carbocycles. The summed E-state index contributed by atoms with van der Waals surface area (Å²) in [7, 11) is 0. The Balaban J connectivity index is 2.38. The summed E-state index contributed by atoms with van der Waals surface area (Å²) < 4.78 is 0. The van der Waals surface area contributed by atoms with Gasteiger partial charge in [0.25, 0.3) is 5.91 Å². The number of aryl methyl sites for hydroxylation is 2. The Bertz CT molecular complexity index is 651. The molecule has 2 aromatic heterocycles. The first-order chi connectivity index (χ1) is 9.43. The maximum Gasteiger partial charge on any atom is 0.263 e. The fourth-order valence-electron chi connectivity index (χ4n) is 2.22. The van der Waals surface area contributed by atoms with E-state index in [1.165, 1.54) is 11.3 Å². The Kier molecular flexibility index (Phi) is 4.55. The van der Waals surface area contributed by atoms with Crippen LogP contribution in [0.15, 0.2) is 6.07 Å². The minimum absolute atomic E-state index is 0.107. The van der Waals surface area contributed by atoms with Gasteiger partial charge in [0.05, 0.1) is 5.69 Å². The maximum absolute atomic E-state index is 12.3. The maximum atomic E-state index is 12.3. The van der Waals surface area contributed by atoms with Gasteiger partial charge in [0.15, 0.2) is 0 Å². The van der Waals surface area contributed by atoms with E-state index >= 15 is 0 Å². The molecule has 0 aliphatic carbocycles. The van der Waals surface area contributed by atoms with Crippen LogP contribution >= 0.6 is 23.1 Å². The van der Waals surface area contributed by atoms with Gasteiger partial charge in [-0.25, -0.2) is 4.98 Å². The smallest absolute Gasteiger partial charge is 0.263 e. The number of amides is 1. The van der Waals surface area contributed by atoms with Gasteiger partial charge in [-0.15, -0.1) is 11.3 Å². The molecule has 0 aliphatic heterocycles. The number of nitrogens with one attached hydrogen (secondary N) is 1. The molecule has 2 aromatic rings. The van der Waals surface area contributed by atoms with Crippen molar-refractivity contribution in [1.29, 1.82) is 0 Å². The number of fused-ring (bicyclic) bond motifs is 1. The molecule has 1 amide bonds. The van der Waals surface area contributed by atoms with E-state index in [2.05, 4.69) is 10.3 Å². The molecular weight excluding hydrogens is 290 g/mol. The lowest BCUT2D eigenvalue weighted by molar-refractivity contribution is 0.0948. The predicted molar refractivity (Wildman–Crippen MR) is 88.8 cm³/mol. The molecule has 20 heavy (non-hydrogen) atoms. The minimum Gasteiger partial charge on any atom is -0.397 e. The molecule has 0 spiro atoms. The summed E-state index contributed by atoms with van der Waals surface area (Å²) in [5, 5.41) is 3.88. The fourth-order valence-corrected chi connectivity index (χ4v) is 3.92. The number of thiophene rings is 1. The second kappa shape index (κ2) is 6.01. The van der Waals surface area contributed by atoms with Crippen LogP contribution in [-0.4, -0.2) is 28.9 Å². The van der Waals surface area contributed by atoms with Gasteiger partial charge in [-0.3, -0.25) is 4.79 Å². The van der Waals surface area contributed by atoms with Crippen molar-refractivity contribution in [3.63, 3.8) is 0 Å². The fraction of sp³-hybridized carbons (Fsp3) is 0.429. The van der Waals surface area contributed by atoms with E-state index in [-0.39, 0.29) is 11.9 Å². The van der Waals surface area contributed by atoms with Crippen LogP contribution in [0.4, 0.5) is 5.69 Å². The molecule has 0 fully saturated rings. The monoisotopic (exact) mass is 309 g/mol. The molecule has 0 aromatic carbocycles. The zero-order chi connectivity index (χ0) is 14.9. The highest BCUT2D eigenvalue weighted by molar-refractivity contribution is 7.98. The van der Waals surface area contributed by atoms with Crippen molar-refractivity contribution < 1.29 is 4.79 Å². The number of nitrogens with zero attached hydrogens (tertiary/aromatic N) is 1. The van der Waals surface area contributed by atoms with E-state index in [4.69, 9.17) is 5.73 Å². The molecule has 2 rings (SSSR count). The minimum atomic E-state index is -0.107. The Labute approximate surface area is 127 Å². The summed E-state index contributed by atoms with van der Waals surface area (Å²) in [6, 6.07) is 2.11. The average molecular weight is 309 g/mol. The third-order valence-electron chi connectivity index (χ3n) is 3.02. The highest BCUT2D eigenvalue weighted by Crippen LogP contribution is 2.34. The van der Waals surface area contributed by atoms with Gasteiger partial charge in [0, 0.05) is 22.9 Å². The molecule has 108 valence electrons. The predicted octanol–water partition coefficient (Wildman–Crippen LogP) is 2.98. The van der Waals surface area contributed by atoms with Gasteiger partial charge in [-0.1, -0.05) is 0 Å². The van der Waals surface area contributed by atoms with Crippen molar-refractivity contribution in [2.45, 2.75) is 26.8 Å². The van der Waals surface area contributed by atoms with Crippen molar-refractivity contribution >= 4 is 44.9 Å². The van der Waals surface area contributed by atoms with Crippen LogP contribution in [0.5, 0.6) is 0 Å². The zero-order valence-corrected chi connectivity index (χ0v) is 13.7. The number of hydrogen-bond donors (Lipinski definition) is 2. The number of anilines is 1. The SMILES string of the molecule is CSCC(C)NC(=O)c1sc2nc(C)cc(C)c2c1N. The molecule has 0 saturated heterocycles. The van der Waals surface area contributed by atoms with Crippen molar-refractivity contribution in [2.75, 3.05) is 17.7 Å². The van der Waals surface area contributed by atoms with Crippen LogP contribution in [0.1, 0.15) is 27.9 Å². The number of aromatic nitrogens is 1. The molecule has 0 aliphatic rings. The largest absolute Gasteiger partial charge is 0.397 e. The normalized spacial score (nSPS) is 12.6. The lowest BCUT2D eigenvalue weighted by atomic mass is 10.1. The molecule has 1 unspecified atom stereocenters. The number of rotatable bonds is 4. The van der Waals surface area contributed by atoms with Crippen molar-refractivity contribution in [3.05, 3.63) is 22.2 Å². The van der Waals surface area contributed by atoms with E-state index in [0.717, 1.165) is 27.2 Å². The summed E-state index contributed by atoms with van der Waals surface area (Å²) in [5.74, 6) is 0.775. The highest BCUT2D eigenvalue weighted by atomic mass is 32.2. The van der Waals surface area contributed by atoms with Crippen LogP contribution < -0.4 is 11.1 Å². The molecule has 3 N–H and O–H groups in total. The summed E-state index contributed by atoms with van der Waals surface area (Å²) in [6.45, 7) is 5.94. The number of carbonyl (C=O) groups excluding carboxylic acids is 1. The van der Waals surface area contributed by atoms with Gasteiger partial charge in [-0.05, 0) is 38.7 Å². The summed E-state index contributed by atoms with van der Waals surface area (Å²) in [6.07, 6.45) is 2.02. The standard InChI is InChI=1S/C14H19N3OS2/c1-7-5-8(2)17-14-10(7)11(15)12(20-14)13(18)16-9(3)6-19-4/h5,9H,6,15H2,1-4H3,(H,16,18). The lowest BCUT2D eigenvalue weighted by Gasteiger charge is -2.11. The second-order valence-corrected chi connectivity index (χ2v) is 6.85. The van der Waals surface area contributed by atoms with Gasteiger partial charge < -0.3 is 11.1 Å². The first-order valence-corrected chi connectivity index (χ1v) is 8.61. The molecular formula is C14H19N3OS2. The summed E-state index contributed by atoms with van der Waals surface area (Å²) in [5.41, 5.74) is 8.70. The van der Waals surface area contributed by atoms with Gasteiger partial charge in [0.1, 0.15) is 9.71 Å². The van der Waals surface area contributed by atoms with Gasteiger partial charge in [0.2, 0.25) is 0 Å². The zero-order valence-electron chi connectivity index (χ0n) is 12.1. The van der Waals surface area contributed by atoms with Gasteiger partial charge >= 0.3 is 0 Å². The third-order valence-corrected chi connectivity index (χ3v) is 4.96. The van der Waals surface area contributed by atoms with E-state index in [0.29, 0.717) is 10.6 Å². The number of pyridine rings is 1. The number of carbonyl (C=O) groups is 1. The molecule has 6 heteroatoms. The Morgan fingerprint density at radius 2 is 2.25 bits per heavy atom. The topological polar surface area (TPSA) is 68.0 Å². The van der Waals surface area contributed by atoms with Crippen LogP contribution in [0.2, 0.25) is 0 Å². The third kappa shape index (κ3) is 2.91. The lowest BCUT2D eigenvalue weighted by Crippen LogP contribution is -2.34. The average Bonchev–Trinajstić information content (AvgIpc) is 2.66. The van der Waals surface area contributed by atoms with Crippen LogP contribution in [0.25, 0.3) is 10.2 Å². The van der Waals surface area contributed by atoms with Crippen LogP contribution in [-0.2, 0) is 0 Å². The Morgan fingerprint density at radius 3 is 2.90 bits per heavy atom. The number of nitrogens with two attached hydrogens (primary N) is 1. The quantitative estimate of drug-likeness (QED) is 0.911. The molecule has 0 radical (unpaired) electrons. The molecule has 2 heterocycles. The van der Waals surface area contributed by atoms with E-state index in [1.54, 1.807) is 11.8 Å². The van der Waals surface area contributed by atoms with Gasteiger partial charge in [-0.2, -0.15) is 11.8 Å². The van der Waals surface area contributed by atoms with Crippen molar-refractivity contribution in [1.82, 2.24) is 10.3 Å². The number of nitrogen functional groups attached to an aromatic ring is 1. The van der Waals surface area contributed by atoms with Crippen molar-refractivity contribution in [3.8, 4) is 0 Å². The molecule has 0 bridgehead atoms. The Morgan fingerprint density at radius 1 is 1.55 bits per heavy atom. The van der Waals surface area contributed by atoms with Crippen LogP contribution in [0, 0.1) is 13.8 Å². The highest BCUT2D eigenvalue weighted by Gasteiger charge is 2.19. The summed E-state index contributed by atoms with van der Waals surface area (Å²) >= 11 is 3.07. The number of thioether (sulfide) groups is 1. The first-order valence-electron chi connectivity index (χ1n) is 6.40. The second-order valence-electron chi connectivity index (χ2n) is 4.94. The van der Waals surface area contributed by atoms with Crippen LogP contribution in [0.3, 0.4) is 0 Å². The Hall–Kier alpha value is -1.27. The first kappa shape index (κ1) is 15.1. The molecule has 1 atom stereocenters. The summed E-state index contributed by atoms with van der Waals surface area (Å²) in [4.78, 5) is 18.2.